The van der Waals surface area contributed by atoms with Crippen LogP contribution in [0.3, 0.4) is 0 Å². The van der Waals surface area contributed by atoms with Gasteiger partial charge in [-0.1, -0.05) is 12.1 Å². The van der Waals surface area contributed by atoms with Crippen molar-refractivity contribution in [1.29, 1.82) is 0 Å². The summed E-state index contributed by atoms with van der Waals surface area (Å²) in [5.41, 5.74) is 1.03. The molecule has 0 saturated carbocycles. The van der Waals surface area contributed by atoms with E-state index in [1.165, 1.54) is 6.07 Å². The topological polar surface area (TPSA) is 33.3 Å². The van der Waals surface area contributed by atoms with Crippen molar-refractivity contribution in [3.05, 3.63) is 35.6 Å². The molecule has 0 aliphatic rings. The first-order valence-electron chi connectivity index (χ1n) is 6.40. The molecule has 0 aliphatic heterocycles. The number of hydrogen-bond donors (Lipinski definition) is 2. The lowest BCUT2D eigenvalue weighted by Crippen LogP contribution is -2.38. The van der Waals surface area contributed by atoms with Crippen molar-refractivity contribution in [3.63, 3.8) is 0 Å². The van der Waals surface area contributed by atoms with E-state index >= 15 is 0 Å². The number of ether oxygens (including phenoxy) is 1. The Hall–Kier alpha value is -0.970. The Kier molecular flexibility index (Phi) is 7.57. The zero-order valence-electron chi connectivity index (χ0n) is 11.2. The van der Waals surface area contributed by atoms with Crippen LogP contribution in [0.1, 0.15) is 12.5 Å². The third-order valence-corrected chi connectivity index (χ3v) is 2.73. The van der Waals surface area contributed by atoms with Crippen LogP contribution in [0.2, 0.25) is 0 Å². The van der Waals surface area contributed by atoms with Crippen molar-refractivity contribution in [1.82, 2.24) is 10.6 Å². The van der Waals surface area contributed by atoms with Crippen LogP contribution >= 0.6 is 0 Å². The summed E-state index contributed by atoms with van der Waals surface area (Å²) in [6.45, 7) is 5.50. The van der Waals surface area contributed by atoms with Gasteiger partial charge >= 0.3 is 0 Å². The molecule has 0 fully saturated rings. The zero-order chi connectivity index (χ0) is 13.2. The van der Waals surface area contributed by atoms with Gasteiger partial charge in [-0.2, -0.15) is 0 Å². The number of rotatable bonds is 9. The molecule has 2 N–H and O–H groups in total. The predicted octanol–water partition coefficient (Wildman–Crippen LogP) is 1.58. The number of nitrogens with one attached hydrogen (secondary N) is 2. The second-order valence-electron chi connectivity index (χ2n) is 4.43. The molecule has 4 heteroatoms. The van der Waals surface area contributed by atoms with E-state index in [1.54, 1.807) is 19.2 Å². The normalized spacial score (nSPS) is 12.6. The molecule has 0 radical (unpaired) electrons. The molecule has 18 heavy (non-hydrogen) atoms. The van der Waals surface area contributed by atoms with Gasteiger partial charge in [-0.3, -0.25) is 0 Å². The van der Waals surface area contributed by atoms with Crippen LogP contribution in [-0.2, 0) is 11.2 Å². The maximum Gasteiger partial charge on any atom is 0.123 e. The lowest BCUT2D eigenvalue weighted by atomic mass is 10.1. The van der Waals surface area contributed by atoms with Crippen molar-refractivity contribution in [2.45, 2.75) is 19.4 Å². The molecule has 1 aromatic rings. The Bertz CT molecular complexity index is 333. The highest BCUT2D eigenvalue weighted by Gasteiger charge is 2.01. The molecule has 1 unspecified atom stereocenters. The van der Waals surface area contributed by atoms with Gasteiger partial charge in [0.25, 0.3) is 0 Å². The molecule has 3 nitrogen and oxygen atoms in total. The molecular formula is C14H23FN2O. The molecule has 0 amide bonds. The van der Waals surface area contributed by atoms with Gasteiger partial charge < -0.3 is 15.4 Å². The van der Waals surface area contributed by atoms with Crippen molar-refractivity contribution < 1.29 is 9.13 Å². The van der Waals surface area contributed by atoms with E-state index in [-0.39, 0.29) is 5.82 Å². The monoisotopic (exact) mass is 254 g/mol. The molecule has 0 aromatic heterocycles. The first kappa shape index (κ1) is 15.1. The van der Waals surface area contributed by atoms with Crippen molar-refractivity contribution in [2.75, 3.05) is 33.4 Å². The molecule has 0 bridgehead atoms. The first-order valence-corrected chi connectivity index (χ1v) is 6.40. The van der Waals surface area contributed by atoms with Gasteiger partial charge in [0.2, 0.25) is 0 Å². The predicted molar refractivity (Wildman–Crippen MR) is 72.3 cm³/mol. The maximum absolute atomic E-state index is 12.9. The smallest absolute Gasteiger partial charge is 0.123 e. The summed E-state index contributed by atoms with van der Waals surface area (Å²) in [6.07, 6.45) is 0.847. The van der Waals surface area contributed by atoms with Crippen LogP contribution in [0.15, 0.2) is 24.3 Å². The maximum atomic E-state index is 12.9. The van der Waals surface area contributed by atoms with Crippen LogP contribution in [0, 0.1) is 5.82 Å². The summed E-state index contributed by atoms with van der Waals surface area (Å²) in [4.78, 5) is 0. The molecule has 1 rings (SSSR count). The molecule has 102 valence electrons. The van der Waals surface area contributed by atoms with E-state index in [4.69, 9.17) is 4.74 Å². The molecule has 0 heterocycles. The highest BCUT2D eigenvalue weighted by atomic mass is 19.1. The number of methoxy groups -OCH3 is 1. The van der Waals surface area contributed by atoms with Gasteiger partial charge in [-0.25, -0.2) is 4.39 Å². The highest BCUT2D eigenvalue weighted by Crippen LogP contribution is 2.03. The van der Waals surface area contributed by atoms with Gasteiger partial charge in [0, 0.05) is 26.2 Å². The van der Waals surface area contributed by atoms with E-state index in [9.17, 15) is 4.39 Å². The molecule has 0 aliphatic carbocycles. The van der Waals surface area contributed by atoms with Crippen LogP contribution in [0.5, 0.6) is 0 Å². The van der Waals surface area contributed by atoms with Crippen molar-refractivity contribution >= 4 is 0 Å². The minimum absolute atomic E-state index is 0.165. The standard InChI is InChI=1S/C14H23FN2O/c1-12(11-16-8-9-18-2)17-7-6-13-4-3-5-14(15)10-13/h3-5,10,12,16-17H,6-9,11H2,1-2H3. The van der Waals surface area contributed by atoms with Gasteiger partial charge in [0.15, 0.2) is 0 Å². The molecular weight excluding hydrogens is 231 g/mol. The van der Waals surface area contributed by atoms with E-state index in [0.717, 1.165) is 38.2 Å². The lowest BCUT2D eigenvalue weighted by molar-refractivity contribution is 0.198. The first-order chi connectivity index (χ1) is 8.72. The summed E-state index contributed by atoms with van der Waals surface area (Å²) >= 11 is 0. The second-order valence-corrected chi connectivity index (χ2v) is 4.43. The van der Waals surface area contributed by atoms with Crippen LogP contribution in [0.4, 0.5) is 4.39 Å². The van der Waals surface area contributed by atoms with Crippen molar-refractivity contribution in [2.24, 2.45) is 0 Å². The Balaban J connectivity index is 2.09. The van der Waals surface area contributed by atoms with Crippen LogP contribution in [0.25, 0.3) is 0 Å². The van der Waals surface area contributed by atoms with Crippen molar-refractivity contribution in [3.8, 4) is 0 Å². The fourth-order valence-corrected chi connectivity index (χ4v) is 1.72. The fourth-order valence-electron chi connectivity index (χ4n) is 1.72. The average molecular weight is 254 g/mol. The largest absolute Gasteiger partial charge is 0.383 e. The zero-order valence-corrected chi connectivity index (χ0v) is 11.2. The Morgan fingerprint density at radius 1 is 1.33 bits per heavy atom. The van der Waals surface area contributed by atoms with E-state index < -0.39 is 0 Å². The van der Waals surface area contributed by atoms with Gasteiger partial charge in [0.1, 0.15) is 5.82 Å². The van der Waals surface area contributed by atoms with Gasteiger partial charge in [0.05, 0.1) is 6.61 Å². The van der Waals surface area contributed by atoms with Gasteiger partial charge in [-0.15, -0.1) is 0 Å². The van der Waals surface area contributed by atoms with E-state index in [1.807, 2.05) is 6.07 Å². The fraction of sp³-hybridized carbons (Fsp3) is 0.571. The molecule has 0 saturated heterocycles. The second kappa shape index (κ2) is 9.03. The Labute approximate surface area is 109 Å². The minimum Gasteiger partial charge on any atom is -0.383 e. The average Bonchev–Trinajstić information content (AvgIpc) is 2.35. The number of hydrogen-bond acceptors (Lipinski definition) is 3. The third-order valence-electron chi connectivity index (χ3n) is 2.73. The van der Waals surface area contributed by atoms with Crippen LogP contribution in [-0.4, -0.2) is 39.4 Å². The lowest BCUT2D eigenvalue weighted by Gasteiger charge is -2.14. The van der Waals surface area contributed by atoms with Crippen LogP contribution < -0.4 is 10.6 Å². The Morgan fingerprint density at radius 2 is 2.17 bits per heavy atom. The summed E-state index contributed by atoms with van der Waals surface area (Å²) in [5, 5.41) is 6.70. The SMILES string of the molecule is COCCNCC(C)NCCc1cccc(F)c1. The summed E-state index contributed by atoms with van der Waals surface area (Å²) in [7, 11) is 1.70. The molecule has 1 atom stereocenters. The van der Waals surface area contributed by atoms with Gasteiger partial charge in [-0.05, 0) is 37.6 Å². The third kappa shape index (κ3) is 6.69. The van der Waals surface area contributed by atoms with E-state index in [0.29, 0.717) is 6.04 Å². The molecule has 0 spiro atoms. The number of benzene rings is 1. The summed E-state index contributed by atoms with van der Waals surface area (Å²) in [5.74, 6) is -0.165. The minimum atomic E-state index is -0.165. The highest BCUT2D eigenvalue weighted by molar-refractivity contribution is 5.16. The summed E-state index contributed by atoms with van der Waals surface area (Å²) in [6, 6.07) is 7.16. The summed E-state index contributed by atoms with van der Waals surface area (Å²) < 4.78 is 17.9. The quantitative estimate of drug-likeness (QED) is 0.657. The van der Waals surface area contributed by atoms with E-state index in [2.05, 4.69) is 17.6 Å². The molecule has 1 aromatic carbocycles. The Morgan fingerprint density at radius 3 is 2.89 bits per heavy atom. The number of halogens is 1.